The maximum absolute atomic E-state index is 14.3. The number of rotatable bonds is 3. The average Bonchev–Trinajstić information content (AvgIpc) is 2.64. The lowest BCUT2D eigenvalue weighted by molar-refractivity contribution is -0.348. The molecule has 2 aromatic carbocycles. The summed E-state index contributed by atoms with van der Waals surface area (Å²) in [5, 5.41) is 1.41. The van der Waals surface area contributed by atoms with Gasteiger partial charge in [0.1, 0.15) is 0 Å². The topological polar surface area (TPSA) is 55.1 Å². The molecule has 0 bridgehead atoms. The van der Waals surface area contributed by atoms with Gasteiger partial charge in [0.15, 0.2) is 11.6 Å². The predicted octanol–water partition coefficient (Wildman–Crippen LogP) is 6.87. The van der Waals surface area contributed by atoms with E-state index in [4.69, 9.17) is 5.73 Å². The summed E-state index contributed by atoms with van der Waals surface area (Å²) in [5.74, 6) is -5.42. The number of hydrogen-bond donors (Lipinski definition) is 2. The number of halogens is 13. The van der Waals surface area contributed by atoms with E-state index in [0.29, 0.717) is 12.1 Å². The molecule has 0 radical (unpaired) electrons. The summed E-state index contributed by atoms with van der Waals surface area (Å²) >= 11 is 2.26. The van der Waals surface area contributed by atoms with Crippen LogP contribution in [-0.2, 0) is 11.8 Å². The standard InChI is InChI=1S/C17H7BrF12N2O/c18-8-4-5(14(21,16(25,26)27)17(28,29)30)3-7(15(22,23)24)12(8)32-13(33)6-1-2-9(31)11(20)10(6)19/h1-4H,31H2,(H,32,33). The fraction of sp³-hybridized carbons (Fsp3) is 0.235. The molecule has 0 saturated heterocycles. The van der Waals surface area contributed by atoms with E-state index in [-0.39, 0.29) is 6.07 Å². The minimum atomic E-state index is -6.72. The first-order valence-corrected chi connectivity index (χ1v) is 8.81. The summed E-state index contributed by atoms with van der Waals surface area (Å²) in [5.41, 5.74) is -9.45. The lowest BCUT2D eigenvalue weighted by atomic mass is 9.92. The van der Waals surface area contributed by atoms with E-state index in [0.717, 1.165) is 0 Å². The molecule has 182 valence electrons. The second kappa shape index (κ2) is 8.29. The van der Waals surface area contributed by atoms with E-state index < -0.39 is 80.3 Å². The molecule has 0 aliphatic carbocycles. The van der Waals surface area contributed by atoms with Gasteiger partial charge in [-0.3, -0.25) is 4.79 Å². The number of hydrogen-bond acceptors (Lipinski definition) is 2. The second-order valence-corrected chi connectivity index (χ2v) is 7.17. The summed E-state index contributed by atoms with van der Waals surface area (Å²) in [4.78, 5) is 12.1. The van der Waals surface area contributed by atoms with Crippen molar-refractivity contribution in [3.8, 4) is 0 Å². The molecule has 16 heteroatoms. The summed E-state index contributed by atoms with van der Waals surface area (Å²) in [7, 11) is 0. The molecule has 3 nitrogen and oxygen atoms in total. The molecule has 0 heterocycles. The third-order valence-corrected chi connectivity index (χ3v) is 4.80. The zero-order valence-corrected chi connectivity index (χ0v) is 16.8. The number of alkyl halides is 10. The van der Waals surface area contributed by atoms with Crippen LogP contribution in [0.3, 0.4) is 0 Å². The number of nitrogen functional groups attached to an aromatic ring is 1. The summed E-state index contributed by atoms with van der Waals surface area (Å²) in [6.07, 6.45) is -19.2. The molecule has 2 rings (SSSR count). The molecule has 1 amide bonds. The van der Waals surface area contributed by atoms with Crippen LogP contribution in [0.2, 0.25) is 0 Å². The lowest BCUT2D eigenvalue weighted by Gasteiger charge is -2.31. The van der Waals surface area contributed by atoms with Crippen molar-refractivity contribution in [1.82, 2.24) is 0 Å². The maximum Gasteiger partial charge on any atom is 0.435 e. The Kier molecular flexibility index (Phi) is 6.68. The first kappa shape index (κ1) is 26.6. The van der Waals surface area contributed by atoms with Crippen LogP contribution in [0.4, 0.5) is 64.1 Å². The monoisotopic (exact) mass is 562 g/mol. The van der Waals surface area contributed by atoms with Crippen LogP contribution in [0, 0.1) is 11.6 Å². The quantitative estimate of drug-likeness (QED) is 0.317. The van der Waals surface area contributed by atoms with Gasteiger partial charge in [-0.1, -0.05) is 0 Å². The van der Waals surface area contributed by atoms with Crippen molar-refractivity contribution in [2.75, 3.05) is 11.1 Å². The molecule has 0 aliphatic heterocycles. The van der Waals surface area contributed by atoms with Crippen LogP contribution in [-0.4, -0.2) is 18.3 Å². The summed E-state index contributed by atoms with van der Waals surface area (Å²) in [6, 6.07) is 0.131. The molecule has 0 spiro atoms. The van der Waals surface area contributed by atoms with Crippen molar-refractivity contribution in [2.45, 2.75) is 24.2 Å². The number of amides is 1. The van der Waals surface area contributed by atoms with Crippen LogP contribution in [0.25, 0.3) is 0 Å². The number of nitrogens with one attached hydrogen (secondary N) is 1. The highest BCUT2D eigenvalue weighted by Gasteiger charge is 2.73. The molecule has 0 aliphatic rings. The average molecular weight is 563 g/mol. The van der Waals surface area contributed by atoms with Crippen molar-refractivity contribution >= 4 is 33.2 Å². The van der Waals surface area contributed by atoms with Crippen LogP contribution in [0.15, 0.2) is 28.7 Å². The third kappa shape index (κ3) is 4.70. The molecule has 0 unspecified atom stereocenters. The van der Waals surface area contributed by atoms with Gasteiger partial charge in [0.2, 0.25) is 0 Å². The third-order valence-electron chi connectivity index (χ3n) is 4.17. The van der Waals surface area contributed by atoms with Crippen molar-refractivity contribution in [2.24, 2.45) is 0 Å². The zero-order chi connectivity index (χ0) is 25.7. The Bertz CT molecular complexity index is 1080. The Hall–Kier alpha value is -2.65. The normalized spacial score (nSPS) is 13.2. The van der Waals surface area contributed by atoms with Gasteiger partial charge in [0.25, 0.3) is 5.91 Å². The van der Waals surface area contributed by atoms with Gasteiger partial charge in [-0.15, -0.1) is 0 Å². The number of anilines is 2. The SMILES string of the molecule is Nc1ccc(C(=O)Nc2c(Br)cc(C(F)(C(F)(F)F)C(F)(F)F)cc2C(F)(F)F)c(F)c1F. The van der Waals surface area contributed by atoms with E-state index in [1.807, 2.05) is 0 Å². The Labute approximate surface area is 183 Å². The van der Waals surface area contributed by atoms with Gasteiger partial charge in [0.05, 0.1) is 22.5 Å². The zero-order valence-electron chi connectivity index (χ0n) is 15.2. The molecule has 3 N–H and O–H groups in total. The predicted molar refractivity (Wildman–Crippen MR) is 92.8 cm³/mol. The molecule has 2 aromatic rings. The highest BCUT2D eigenvalue weighted by Crippen LogP contribution is 2.55. The van der Waals surface area contributed by atoms with E-state index >= 15 is 0 Å². The minimum absolute atomic E-state index is 0.286. The summed E-state index contributed by atoms with van der Waals surface area (Å²) in [6.45, 7) is 0. The number of benzene rings is 2. The van der Waals surface area contributed by atoms with Gasteiger partial charge >= 0.3 is 24.2 Å². The molecule has 0 fully saturated rings. The molecule has 0 atom stereocenters. The number of nitrogens with two attached hydrogens (primary N) is 1. The Morgan fingerprint density at radius 1 is 0.848 bits per heavy atom. The molecule has 33 heavy (non-hydrogen) atoms. The first-order chi connectivity index (χ1) is 14.7. The lowest BCUT2D eigenvalue weighted by Crippen LogP contribution is -2.50. The van der Waals surface area contributed by atoms with Crippen molar-refractivity contribution in [3.63, 3.8) is 0 Å². The summed E-state index contributed by atoms with van der Waals surface area (Å²) < 4.78 is 158. The Balaban J connectivity index is 2.72. The van der Waals surface area contributed by atoms with Gasteiger partial charge in [0, 0.05) is 10.0 Å². The first-order valence-electron chi connectivity index (χ1n) is 8.01. The highest BCUT2D eigenvalue weighted by molar-refractivity contribution is 9.10. The number of carbonyl (C=O) groups is 1. The molecular weight excluding hydrogens is 556 g/mol. The van der Waals surface area contributed by atoms with Gasteiger partial charge in [-0.05, 0) is 40.2 Å². The van der Waals surface area contributed by atoms with E-state index in [9.17, 15) is 57.5 Å². The highest BCUT2D eigenvalue weighted by atomic mass is 79.9. The van der Waals surface area contributed by atoms with E-state index in [1.54, 1.807) is 0 Å². The minimum Gasteiger partial charge on any atom is -0.396 e. The fourth-order valence-corrected chi connectivity index (χ4v) is 3.12. The molecule has 0 aromatic heterocycles. The Morgan fingerprint density at radius 2 is 1.36 bits per heavy atom. The largest absolute Gasteiger partial charge is 0.435 e. The molecular formula is C17H7BrF12N2O. The Morgan fingerprint density at radius 3 is 1.82 bits per heavy atom. The van der Waals surface area contributed by atoms with Gasteiger partial charge in [-0.2, -0.15) is 39.5 Å². The van der Waals surface area contributed by atoms with Crippen LogP contribution >= 0.6 is 15.9 Å². The maximum atomic E-state index is 14.3. The van der Waals surface area contributed by atoms with Crippen LogP contribution in [0.1, 0.15) is 21.5 Å². The fourth-order valence-electron chi connectivity index (χ4n) is 2.56. The van der Waals surface area contributed by atoms with Crippen LogP contribution < -0.4 is 11.1 Å². The van der Waals surface area contributed by atoms with E-state index in [2.05, 4.69) is 15.9 Å². The van der Waals surface area contributed by atoms with Crippen LogP contribution in [0.5, 0.6) is 0 Å². The molecule has 0 saturated carbocycles. The second-order valence-electron chi connectivity index (χ2n) is 6.32. The van der Waals surface area contributed by atoms with Crippen molar-refractivity contribution < 1.29 is 57.5 Å². The van der Waals surface area contributed by atoms with Crippen molar-refractivity contribution in [3.05, 3.63) is 57.1 Å². The number of carbonyl (C=O) groups excluding carboxylic acids is 1. The van der Waals surface area contributed by atoms with Gasteiger partial charge in [-0.25, -0.2) is 13.2 Å². The van der Waals surface area contributed by atoms with Crippen molar-refractivity contribution in [1.29, 1.82) is 0 Å². The van der Waals surface area contributed by atoms with E-state index in [1.165, 1.54) is 5.32 Å². The van der Waals surface area contributed by atoms with Gasteiger partial charge < -0.3 is 11.1 Å². The smallest absolute Gasteiger partial charge is 0.396 e.